The summed E-state index contributed by atoms with van der Waals surface area (Å²) in [5.74, 6) is -1.08. The lowest BCUT2D eigenvalue weighted by Crippen LogP contribution is -2.18. The van der Waals surface area contributed by atoms with E-state index in [9.17, 15) is 18.3 Å². The van der Waals surface area contributed by atoms with E-state index in [4.69, 9.17) is 0 Å². The molecule has 0 radical (unpaired) electrons. The number of hydrogen-bond donors (Lipinski definition) is 2. The highest BCUT2D eigenvalue weighted by Gasteiger charge is 2.25. The number of aromatic carboxylic acids is 1. The van der Waals surface area contributed by atoms with Crippen LogP contribution in [0.2, 0.25) is 0 Å². The predicted molar refractivity (Wildman–Crippen MR) is 89.2 cm³/mol. The van der Waals surface area contributed by atoms with Crippen LogP contribution in [0.4, 0.5) is 5.69 Å². The van der Waals surface area contributed by atoms with E-state index in [0.717, 1.165) is 0 Å². The third-order valence-corrected chi connectivity index (χ3v) is 4.85. The highest BCUT2D eigenvalue weighted by Crippen LogP contribution is 2.26. The molecule has 2 aromatic heterocycles. The van der Waals surface area contributed by atoms with Gasteiger partial charge in [-0.3, -0.25) is 4.72 Å². The van der Waals surface area contributed by atoms with Crippen molar-refractivity contribution in [3.63, 3.8) is 0 Å². The second-order valence-corrected chi connectivity index (χ2v) is 7.13. The number of rotatable bonds is 4. The minimum absolute atomic E-state index is 0.00367. The Bertz CT molecular complexity index is 1100. The average molecular weight is 361 g/mol. The maximum Gasteiger partial charge on any atom is 0.338 e. The monoisotopic (exact) mass is 361 g/mol. The zero-order valence-corrected chi connectivity index (χ0v) is 14.5. The maximum absolute atomic E-state index is 12.7. The molecule has 2 N–H and O–H groups in total. The lowest BCUT2D eigenvalue weighted by molar-refractivity contribution is 0.0697. The Morgan fingerprint density at radius 2 is 1.84 bits per heavy atom. The SMILES string of the molecule is Cc1ccc(C)c(C(=O)O)c1NS(=O)(=O)c1nc2nccc(C)n2n1. The van der Waals surface area contributed by atoms with E-state index >= 15 is 0 Å². The van der Waals surface area contributed by atoms with E-state index in [2.05, 4.69) is 19.8 Å². The van der Waals surface area contributed by atoms with E-state index in [1.54, 1.807) is 39.0 Å². The van der Waals surface area contributed by atoms with Crippen LogP contribution in [0.5, 0.6) is 0 Å². The van der Waals surface area contributed by atoms with Crippen molar-refractivity contribution in [2.45, 2.75) is 25.9 Å². The van der Waals surface area contributed by atoms with Crippen LogP contribution in [0.15, 0.2) is 29.6 Å². The van der Waals surface area contributed by atoms with Crippen molar-refractivity contribution >= 4 is 27.5 Å². The van der Waals surface area contributed by atoms with Crippen molar-refractivity contribution in [1.82, 2.24) is 19.6 Å². The molecule has 0 saturated heterocycles. The first-order valence-corrected chi connectivity index (χ1v) is 8.74. The molecule has 1 aromatic carbocycles. The van der Waals surface area contributed by atoms with Crippen LogP contribution < -0.4 is 4.72 Å². The predicted octanol–water partition coefficient (Wildman–Crippen LogP) is 1.55. The number of nitrogens with zero attached hydrogens (tertiary/aromatic N) is 4. The first-order chi connectivity index (χ1) is 11.7. The molecule has 3 aromatic rings. The highest BCUT2D eigenvalue weighted by atomic mass is 32.2. The summed E-state index contributed by atoms with van der Waals surface area (Å²) < 4.78 is 28.9. The second-order valence-electron chi connectivity index (χ2n) is 5.55. The molecule has 0 bridgehead atoms. The van der Waals surface area contributed by atoms with Gasteiger partial charge in [0, 0.05) is 11.9 Å². The minimum atomic E-state index is -4.18. The number of hydrogen-bond acceptors (Lipinski definition) is 6. The van der Waals surface area contributed by atoms with Gasteiger partial charge in [-0.25, -0.2) is 14.3 Å². The van der Waals surface area contributed by atoms with E-state index in [1.165, 1.54) is 10.7 Å². The van der Waals surface area contributed by atoms with Crippen LogP contribution in [0.3, 0.4) is 0 Å². The minimum Gasteiger partial charge on any atom is -0.478 e. The quantitative estimate of drug-likeness (QED) is 0.722. The number of anilines is 1. The molecule has 130 valence electrons. The molecule has 0 amide bonds. The molecule has 0 atom stereocenters. The summed E-state index contributed by atoms with van der Waals surface area (Å²) in [5.41, 5.74) is 1.47. The fraction of sp³-hybridized carbons (Fsp3) is 0.200. The number of aromatic nitrogens is 4. The van der Waals surface area contributed by atoms with Crippen molar-refractivity contribution in [1.29, 1.82) is 0 Å². The van der Waals surface area contributed by atoms with Crippen molar-refractivity contribution in [2.24, 2.45) is 0 Å². The Morgan fingerprint density at radius 3 is 2.48 bits per heavy atom. The first-order valence-electron chi connectivity index (χ1n) is 7.25. The number of carboxylic acids is 1. The Kier molecular flexibility index (Phi) is 3.91. The molecular weight excluding hydrogens is 346 g/mol. The molecular formula is C15H15N5O4S. The number of benzene rings is 1. The molecule has 0 aliphatic rings. The Balaban J connectivity index is 2.12. The number of nitrogens with one attached hydrogen (secondary N) is 1. The van der Waals surface area contributed by atoms with Gasteiger partial charge in [-0.15, -0.1) is 5.10 Å². The first kappa shape index (κ1) is 16.8. The molecule has 10 heteroatoms. The van der Waals surface area contributed by atoms with Crippen LogP contribution in [0.25, 0.3) is 5.78 Å². The summed E-state index contributed by atoms with van der Waals surface area (Å²) >= 11 is 0. The van der Waals surface area contributed by atoms with Gasteiger partial charge in [-0.05, 0) is 38.0 Å². The van der Waals surface area contributed by atoms with Crippen molar-refractivity contribution in [3.8, 4) is 0 Å². The number of carboxylic acid groups (broad SMARTS) is 1. The van der Waals surface area contributed by atoms with Gasteiger partial charge in [0.25, 0.3) is 21.0 Å². The Morgan fingerprint density at radius 1 is 1.16 bits per heavy atom. The fourth-order valence-electron chi connectivity index (χ4n) is 2.40. The van der Waals surface area contributed by atoms with Gasteiger partial charge in [0.05, 0.1) is 11.3 Å². The molecule has 0 saturated carbocycles. The zero-order chi connectivity index (χ0) is 18.4. The number of fused-ring (bicyclic) bond motifs is 1. The number of aryl methyl sites for hydroxylation is 3. The molecule has 0 unspecified atom stereocenters. The topological polar surface area (TPSA) is 127 Å². The second kappa shape index (κ2) is 5.81. The van der Waals surface area contributed by atoms with Gasteiger partial charge in [-0.2, -0.15) is 13.4 Å². The van der Waals surface area contributed by atoms with E-state index in [1.807, 2.05) is 0 Å². The zero-order valence-electron chi connectivity index (χ0n) is 13.7. The third-order valence-electron chi connectivity index (χ3n) is 3.72. The highest BCUT2D eigenvalue weighted by molar-refractivity contribution is 7.92. The lowest BCUT2D eigenvalue weighted by atomic mass is 10.0. The molecule has 2 heterocycles. The van der Waals surface area contributed by atoms with Gasteiger partial charge < -0.3 is 5.11 Å². The van der Waals surface area contributed by atoms with Gasteiger partial charge in [0.2, 0.25) is 0 Å². The molecule has 25 heavy (non-hydrogen) atoms. The summed E-state index contributed by atoms with van der Waals surface area (Å²) in [6.07, 6.45) is 1.50. The van der Waals surface area contributed by atoms with E-state index in [-0.39, 0.29) is 17.0 Å². The maximum atomic E-state index is 12.7. The normalized spacial score (nSPS) is 11.6. The molecule has 0 fully saturated rings. The average Bonchev–Trinajstić information content (AvgIpc) is 2.97. The van der Waals surface area contributed by atoms with Gasteiger partial charge >= 0.3 is 5.97 Å². The fourth-order valence-corrected chi connectivity index (χ4v) is 3.41. The largest absolute Gasteiger partial charge is 0.478 e. The summed E-state index contributed by atoms with van der Waals surface area (Å²) in [6, 6.07) is 4.92. The number of carbonyl (C=O) groups is 1. The lowest BCUT2D eigenvalue weighted by Gasteiger charge is -2.13. The van der Waals surface area contributed by atoms with E-state index < -0.39 is 21.1 Å². The van der Waals surface area contributed by atoms with Gasteiger partial charge in [0.15, 0.2) is 0 Å². The molecule has 9 nitrogen and oxygen atoms in total. The summed E-state index contributed by atoms with van der Waals surface area (Å²) in [6.45, 7) is 4.95. The molecule has 0 aliphatic carbocycles. The smallest absolute Gasteiger partial charge is 0.338 e. The van der Waals surface area contributed by atoms with E-state index in [0.29, 0.717) is 16.8 Å². The van der Waals surface area contributed by atoms with Crippen LogP contribution in [-0.4, -0.2) is 39.1 Å². The van der Waals surface area contributed by atoms with Crippen molar-refractivity contribution < 1.29 is 18.3 Å². The molecule has 3 rings (SSSR count). The van der Waals surface area contributed by atoms with Gasteiger partial charge in [-0.1, -0.05) is 12.1 Å². The van der Waals surface area contributed by atoms with Crippen LogP contribution >= 0.6 is 0 Å². The van der Waals surface area contributed by atoms with Crippen molar-refractivity contribution in [2.75, 3.05) is 4.72 Å². The third kappa shape index (κ3) is 2.91. The van der Waals surface area contributed by atoms with Gasteiger partial charge in [0.1, 0.15) is 0 Å². The Labute approximate surface area is 143 Å². The van der Waals surface area contributed by atoms with Crippen LogP contribution in [0.1, 0.15) is 27.2 Å². The standard InChI is InChI=1S/C15H15N5O4S/c1-8-4-5-9(2)12(11(8)13(21)22)19-25(23,24)15-17-14-16-7-6-10(3)20(14)18-15/h4-7,19H,1-3H3,(H,21,22). The van der Waals surface area contributed by atoms with Crippen molar-refractivity contribution in [3.05, 3.63) is 46.8 Å². The summed E-state index contributed by atoms with van der Waals surface area (Å²) in [4.78, 5) is 19.4. The van der Waals surface area contributed by atoms with Crippen LogP contribution in [-0.2, 0) is 10.0 Å². The Hall–Kier alpha value is -3.01. The number of sulfonamides is 1. The molecule has 0 aliphatic heterocycles. The van der Waals surface area contributed by atoms with Crippen LogP contribution in [0, 0.1) is 20.8 Å². The summed E-state index contributed by atoms with van der Waals surface area (Å²) in [7, 11) is -4.18. The summed E-state index contributed by atoms with van der Waals surface area (Å²) in [5, 5.41) is 12.9. The molecule has 0 spiro atoms.